The minimum Gasteiger partial charge on any atom is -0.352 e. The number of carbonyl (C=O) groups is 1. The Morgan fingerprint density at radius 1 is 1.29 bits per heavy atom. The van der Waals surface area contributed by atoms with Gasteiger partial charge >= 0.3 is 0 Å². The van der Waals surface area contributed by atoms with E-state index < -0.39 is 0 Å². The first-order valence-corrected chi connectivity index (χ1v) is 6.68. The highest BCUT2D eigenvalue weighted by atomic mass is 16.2. The summed E-state index contributed by atoms with van der Waals surface area (Å²) in [6.45, 7) is 13.7. The molecule has 0 unspecified atom stereocenters. The van der Waals surface area contributed by atoms with Crippen molar-refractivity contribution in [2.75, 3.05) is 13.6 Å². The molecule has 0 aromatic heterocycles. The van der Waals surface area contributed by atoms with Gasteiger partial charge in [-0.2, -0.15) is 0 Å². The Kier molecular flexibility index (Phi) is 6.76. The number of hydrogen-bond acceptors (Lipinski definition) is 2. The van der Waals surface area contributed by atoms with Crippen molar-refractivity contribution < 1.29 is 4.79 Å². The number of nitrogens with zero attached hydrogens (tertiary/aromatic N) is 1. The van der Waals surface area contributed by atoms with E-state index in [0.717, 1.165) is 19.4 Å². The molecule has 0 aliphatic heterocycles. The normalized spacial score (nSPS) is 15.8. The van der Waals surface area contributed by atoms with Gasteiger partial charge in [-0.1, -0.05) is 34.1 Å². The predicted molar refractivity (Wildman–Crippen MR) is 74.1 cm³/mol. The maximum atomic E-state index is 12.0. The van der Waals surface area contributed by atoms with Gasteiger partial charge in [0.2, 0.25) is 5.91 Å². The molecule has 2 atom stereocenters. The van der Waals surface area contributed by atoms with E-state index in [4.69, 9.17) is 0 Å². The first-order valence-electron chi connectivity index (χ1n) is 6.68. The van der Waals surface area contributed by atoms with Crippen LogP contribution in [0.15, 0.2) is 0 Å². The lowest BCUT2D eigenvalue weighted by Crippen LogP contribution is -2.48. The number of likely N-dealkylation sites (N-methyl/N-ethyl adjacent to an activating group) is 1. The molecule has 0 bridgehead atoms. The average molecular weight is 242 g/mol. The number of carbonyl (C=O) groups excluding carboxylic acids is 1. The van der Waals surface area contributed by atoms with Crippen molar-refractivity contribution in [3.63, 3.8) is 0 Å². The van der Waals surface area contributed by atoms with Gasteiger partial charge in [-0.25, -0.2) is 0 Å². The van der Waals surface area contributed by atoms with Gasteiger partial charge in [0.25, 0.3) is 0 Å². The molecule has 0 aliphatic rings. The van der Waals surface area contributed by atoms with E-state index in [1.54, 1.807) is 0 Å². The van der Waals surface area contributed by atoms with Gasteiger partial charge in [-0.3, -0.25) is 9.69 Å². The van der Waals surface area contributed by atoms with E-state index in [-0.39, 0.29) is 23.4 Å². The van der Waals surface area contributed by atoms with Gasteiger partial charge in [0.1, 0.15) is 0 Å². The van der Waals surface area contributed by atoms with Gasteiger partial charge in [-0.15, -0.1) is 0 Å². The molecular weight excluding hydrogens is 212 g/mol. The molecule has 0 radical (unpaired) electrons. The second-order valence-corrected chi connectivity index (χ2v) is 6.35. The van der Waals surface area contributed by atoms with Crippen LogP contribution in [0.3, 0.4) is 0 Å². The van der Waals surface area contributed by atoms with E-state index in [1.165, 1.54) is 0 Å². The van der Waals surface area contributed by atoms with Crippen LogP contribution >= 0.6 is 0 Å². The number of amides is 1. The number of nitrogens with one attached hydrogen (secondary N) is 1. The van der Waals surface area contributed by atoms with Crippen LogP contribution in [0.1, 0.15) is 54.4 Å². The zero-order chi connectivity index (χ0) is 13.6. The Morgan fingerprint density at radius 3 is 2.24 bits per heavy atom. The van der Waals surface area contributed by atoms with E-state index >= 15 is 0 Å². The SMILES string of the molecule is CCC[C@@H](C)NC(=O)[C@@H](C)N(C)CC(C)(C)C. The summed E-state index contributed by atoms with van der Waals surface area (Å²) in [6, 6.07) is 0.214. The lowest BCUT2D eigenvalue weighted by atomic mass is 9.95. The maximum Gasteiger partial charge on any atom is 0.237 e. The largest absolute Gasteiger partial charge is 0.352 e. The smallest absolute Gasteiger partial charge is 0.237 e. The van der Waals surface area contributed by atoms with Gasteiger partial charge in [0.15, 0.2) is 0 Å². The third kappa shape index (κ3) is 7.37. The topological polar surface area (TPSA) is 32.3 Å². The molecule has 0 fully saturated rings. The van der Waals surface area contributed by atoms with Crippen molar-refractivity contribution in [3.05, 3.63) is 0 Å². The Bertz CT molecular complexity index is 233. The fourth-order valence-corrected chi connectivity index (χ4v) is 1.95. The molecular formula is C14H30N2O. The molecule has 102 valence electrons. The molecule has 0 aliphatic carbocycles. The third-order valence-electron chi connectivity index (χ3n) is 2.87. The summed E-state index contributed by atoms with van der Waals surface area (Å²) >= 11 is 0. The first-order chi connectivity index (χ1) is 7.67. The summed E-state index contributed by atoms with van der Waals surface area (Å²) in [7, 11) is 2.01. The van der Waals surface area contributed by atoms with Crippen molar-refractivity contribution in [2.24, 2.45) is 5.41 Å². The minimum atomic E-state index is -0.0615. The van der Waals surface area contributed by atoms with Crippen molar-refractivity contribution >= 4 is 5.91 Å². The summed E-state index contributed by atoms with van der Waals surface area (Å²) in [5.74, 6) is 0.137. The van der Waals surface area contributed by atoms with Gasteiger partial charge in [-0.05, 0) is 32.7 Å². The molecule has 0 heterocycles. The van der Waals surface area contributed by atoms with E-state index in [1.807, 2.05) is 14.0 Å². The van der Waals surface area contributed by atoms with Crippen molar-refractivity contribution in [1.82, 2.24) is 10.2 Å². The van der Waals surface area contributed by atoms with Crippen molar-refractivity contribution in [1.29, 1.82) is 0 Å². The zero-order valence-corrected chi connectivity index (χ0v) is 12.6. The monoisotopic (exact) mass is 242 g/mol. The molecule has 0 aromatic carbocycles. The Labute approximate surface area is 107 Å². The van der Waals surface area contributed by atoms with Crippen LogP contribution in [-0.2, 0) is 4.79 Å². The van der Waals surface area contributed by atoms with Crippen LogP contribution in [0, 0.1) is 5.41 Å². The van der Waals surface area contributed by atoms with Crippen LogP contribution in [-0.4, -0.2) is 36.5 Å². The van der Waals surface area contributed by atoms with Crippen LogP contribution in [0.25, 0.3) is 0 Å². The Morgan fingerprint density at radius 2 is 1.82 bits per heavy atom. The molecule has 3 heteroatoms. The molecule has 0 saturated heterocycles. The van der Waals surface area contributed by atoms with Crippen LogP contribution in [0.5, 0.6) is 0 Å². The molecule has 17 heavy (non-hydrogen) atoms. The van der Waals surface area contributed by atoms with Crippen molar-refractivity contribution in [3.8, 4) is 0 Å². The quantitative estimate of drug-likeness (QED) is 0.776. The summed E-state index contributed by atoms with van der Waals surface area (Å²) in [5.41, 5.74) is 0.221. The highest BCUT2D eigenvalue weighted by Crippen LogP contribution is 2.15. The minimum absolute atomic E-state index is 0.0615. The molecule has 0 saturated carbocycles. The standard InChI is InChI=1S/C14H30N2O/c1-8-9-11(2)15-13(17)12(3)16(7)10-14(4,5)6/h11-12H,8-10H2,1-7H3,(H,15,17)/t11-,12-/m1/s1. The highest BCUT2D eigenvalue weighted by molar-refractivity contribution is 5.81. The fourth-order valence-electron chi connectivity index (χ4n) is 1.95. The van der Waals surface area contributed by atoms with E-state index in [2.05, 4.69) is 44.8 Å². The second-order valence-electron chi connectivity index (χ2n) is 6.35. The summed E-state index contributed by atoms with van der Waals surface area (Å²) in [5, 5.41) is 3.07. The Hall–Kier alpha value is -0.570. The maximum absolute atomic E-state index is 12.0. The lowest BCUT2D eigenvalue weighted by Gasteiger charge is -2.31. The van der Waals surface area contributed by atoms with Crippen LogP contribution < -0.4 is 5.32 Å². The predicted octanol–water partition coefficient (Wildman–Crippen LogP) is 2.66. The molecule has 1 N–H and O–H groups in total. The molecule has 0 aromatic rings. The number of hydrogen-bond donors (Lipinski definition) is 1. The van der Waals surface area contributed by atoms with Gasteiger partial charge in [0, 0.05) is 12.6 Å². The first kappa shape index (κ1) is 16.4. The summed E-state index contributed by atoms with van der Waals surface area (Å²) in [6.07, 6.45) is 2.15. The van der Waals surface area contributed by atoms with Gasteiger partial charge < -0.3 is 5.32 Å². The summed E-state index contributed by atoms with van der Waals surface area (Å²) in [4.78, 5) is 14.1. The third-order valence-corrected chi connectivity index (χ3v) is 2.87. The molecule has 0 rings (SSSR count). The second kappa shape index (κ2) is 7.00. The molecule has 1 amide bonds. The highest BCUT2D eigenvalue weighted by Gasteiger charge is 2.23. The van der Waals surface area contributed by atoms with Crippen molar-refractivity contribution in [2.45, 2.75) is 66.5 Å². The average Bonchev–Trinajstić information content (AvgIpc) is 2.13. The lowest BCUT2D eigenvalue weighted by molar-refractivity contribution is -0.126. The zero-order valence-electron chi connectivity index (χ0n) is 12.6. The molecule has 0 spiro atoms. The van der Waals surface area contributed by atoms with E-state index in [0.29, 0.717) is 0 Å². The van der Waals surface area contributed by atoms with Crippen LogP contribution in [0.2, 0.25) is 0 Å². The van der Waals surface area contributed by atoms with Gasteiger partial charge in [0.05, 0.1) is 6.04 Å². The summed E-state index contributed by atoms with van der Waals surface area (Å²) < 4.78 is 0. The fraction of sp³-hybridized carbons (Fsp3) is 0.929. The Balaban J connectivity index is 4.20. The van der Waals surface area contributed by atoms with Crippen LogP contribution in [0.4, 0.5) is 0 Å². The van der Waals surface area contributed by atoms with E-state index in [9.17, 15) is 4.79 Å². The molecule has 3 nitrogen and oxygen atoms in total. The number of rotatable bonds is 6.